The lowest BCUT2D eigenvalue weighted by Crippen LogP contribution is -2.44. The van der Waals surface area contributed by atoms with E-state index in [1.54, 1.807) is 0 Å². The maximum absolute atomic E-state index is 13.1. The van der Waals surface area contributed by atoms with Crippen LogP contribution in [0.25, 0.3) is 0 Å². The van der Waals surface area contributed by atoms with Crippen LogP contribution in [0.3, 0.4) is 0 Å². The summed E-state index contributed by atoms with van der Waals surface area (Å²) in [5.41, 5.74) is 2.47. The normalized spacial score (nSPS) is 21.6. The van der Waals surface area contributed by atoms with Crippen LogP contribution in [0, 0.1) is 0 Å². The Morgan fingerprint density at radius 2 is 1.92 bits per heavy atom. The Labute approximate surface area is 150 Å². The zero-order valence-electron chi connectivity index (χ0n) is 13.5. The molecule has 0 spiro atoms. The molecule has 5 rings (SSSR count). The van der Waals surface area contributed by atoms with Gasteiger partial charge in [-0.05, 0) is 37.1 Å². The number of rotatable bonds is 2. The molecule has 1 aliphatic carbocycles. The molecule has 1 atom stereocenters. The topological polar surface area (TPSA) is 50.8 Å². The minimum atomic E-state index is -0.261. The number of fused-ring (bicyclic) bond motifs is 2. The number of hydrogen-bond donors (Lipinski definition) is 1. The predicted octanol–water partition coefficient (Wildman–Crippen LogP) is 3.84. The summed E-state index contributed by atoms with van der Waals surface area (Å²) in [7, 11) is 0. The van der Waals surface area contributed by atoms with E-state index in [-0.39, 0.29) is 18.1 Å². The van der Waals surface area contributed by atoms with E-state index < -0.39 is 0 Å². The Bertz CT molecular complexity index is 866. The molecule has 6 heteroatoms. The highest BCUT2D eigenvalue weighted by Gasteiger charge is 2.42. The number of carbonyl (C=O) groups is 1. The Kier molecular flexibility index (Phi) is 3.31. The maximum Gasteiger partial charge on any atom is 0.258 e. The van der Waals surface area contributed by atoms with E-state index in [1.165, 1.54) is 0 Å². The summed E-state index contributed by atoms with van der Waals surface area (Å²) in [6.45, 7) is 0.993. The lowest BCUT2D eigenvalue weighted by Gasteiger charge is -2.38. The van der Waals surface area contributed by atoms with E-state index in [1.807, 2.05) is 41.3 Å². The fraction of sp³-hybridized carbons (Fsp3) is 0.316. The van der Waals surface area contributed by atoms with Crippen molar-refractivity contribution in [2.24, 2.45) is 0 Å². The van der Waals surface area contributed by atoms with Crippen LogP contribution in [0.5, 0.6) is 11.5 Å². The standard InChI is InChI=1S/C19H17ClN2O3/c20-14-9-11(10-16-17(14)25-8-7-24-16)18-21-15-4-2-1-3-13(15)19(23)22(18)12-5-6-12/h1-4,9-10,12,18,21H,5-8H2. The summed E-state index contributed by atoms with van der Waals surface area (Å²) in [6, 6.07) is 11.7. The van der Waals surface area contributed by atoms with E-state index in [0.717, 1.165) is 24.1 Å². The second kappa shape index (κ2) is 5.56. The lowest BCUT2D eigenvalue weighted by atomic mass is 10.0. The van der Waals surface area contributed by atoms with Crippen LogP contribution in [0.4, 0.5) is 5.69 Å². The van der Waals surface area contributed by atoms with Crippen molar-refractivity contribution >= 4 is 23.2 Å². The number of halogens is 1. The monoisotopic (exact) mass is 356 g/mol. The first-order chi connectivity index (χ1) is 12.2. The number of ether oxygens (including phenoxy) is 2. The van der Waals surface area contributed by atoms with Crippen molar-refractivity contribution in [2.45, 2.75) is 25.0 Å². The van der Waals surface area contributed by atoms with Gasteiger partial charge in [0, 0.05) is 17.3 Å². The second-order valence-corrected chi connectivity index (χ2v) is 6.97. The number of benzene rings is 2. The van der Waals surface area contributed by atoms with Gasteiger partial charge in [-0.3, -0.25) is 4.79 Å². The van der Waals surface area contributed by atoms with Gasteiger partial charge in [-0.1, -0.05) is 23.7 Å². The Balaban J connectivity index is 1.60. The average Bonchev–Trinajstić information content (AvgIpc) is 3.46. The summed E-state index contributed by atoms with van der Waals surface area (Å²) in [4.78, 5) is 15.0. The van der Waals surface area contributed by atoms with Crippen molar-refractivity contribution < 1.29 is 14.3 Å². The molecule has 5 nitrogen and oxygen atoms in total. The van der Waals surface area contributed by atoms with Gasteiger partial charge >= 0.3 is 0 Å². The van der Waals surface area contributed by atoms with Crippen LogP contribution in [0.1, 0.15) is 34.9 Å². The van der Waals surface area contributed by atoms with Crippen LogP contribution in [-0.4, -0.2) is 30.1 Å². The molecule has 1 fully saturated rings. The SMILES string of the molecule is O=C1c2ccccc2NC(c2cc(Cl)c3c(c2)OCCO3)N1C1CC1. The molecule has 0 bridgehead atoms. The van der Waals surface area contributed by atoms with Crippen molar-refractivity contribution in [3.8, 4) is 11.5 Å². The number of para-hydroxylation sites is 1. The first-order valence-electron chi connectivity index (χ1n) is 8.49. The molecule has 2 heterocycles. The third kappa shape index (κ3) is 2.42. The van der Waals surface area contributed by atoms with Crippen molar-refractivity contribution in [1.29, 1.82) is 0 Å². The molecule has 1 unspecified atom stereocenters. The molecule has 1 N–H and O–H groups in total. The van der Waals surface area contributed by atoms with Gasteiger partial charge < -0.3 is 19.7 Å². The van der Waals surface area contributed by atoms with E-state index in [9.17, 15) is 4.79 Å². The van der Waals surface area contributed by atoms with E-state index in [0.29, 0.717) is 35.3 Å². The Morgan fingerprint density at radius 3 is 2.76 bits per heavy atom. The summed E-state index contributed by atoms with van der Waals surface area (Å²) in [5.74, 6) is 1.28. The first-order valence-corrected chi connectivity index (χ1v) is 8.87. The highest BCUT2D eigenvalue weighted by atomic mass is 35.5. The summed E-state index contributed by atoms with van der Waals surface area (Å²) in [6.07, 6.45) is 1.80. The van der Waals surface area contributed by atoms with Gasteiger partial charge in [0.2, 0.25) is 0 Å². The fourth-order valence-electron chi connectivity index (χ4n) is 3.53. The Morgan fingerprint density at radius 1 is 1.12 bits per heavy atom. The van der Waals surface area contributed by atoms with Gasteiger partial charge in [0.1, 0.15) is 19.4 Å². The second-order valence-electron chi connectivity index (χ2n) is 6.56. The zero-order chi connectivity index (χ0) is 17.0. The largest absolute Gasteiger partial charge is 0.486 e. The highest BCUT2D eigenvalue weighted by Crippen LogP contribution is 2.45. The number of nitrogens with zero attached hydrogens (tertiary/aromatic N) is 1. The third-order valence-electron chi connectivity index (χ3n) is 4.84. The predicted molar refractivity (Wildman–Crippen MR) is 94.4 cm³/mol. The molecular formula is C19H17ClN2O3. The average molecular weight is 357 g/mol. The van der Waals surface area contributed by atoms with Crippen LogP contribution < -0.4 is 14.8 Å². The van der Waals surface area contributed by atoms with Crippen molar-refractivity contribution in [3.63, 3.8) is 0 Å². The molecule has 2 aromatic rings. The fourth-order valence-corrected chi connectivity index (χ4v) is 3.80. The quantitative estimate of drug-likeness (QED) is 0.888. The molecule has 128 valence electrons. The van der Waals surface area contributed by atoms with Gasteiger partial charge in [-0.15, -0.1) is 0 Å². The summed E-state index contributed by atoms with van der Waals surface area (Å²) in [5, 5.41) is 4.01. The molecule has 1 saturated carbocycles. The molecule has 1 amide bonds. The first kappa shape index (κ1) is 14.9. The molecule has 0 aromatic heterocycles. The Hall–Kier alpha value is -2.40. The van der Waals surface area contributed by atoms with Gasteiger partial charge in [0.25, 0.3) is 5.91 Å². The zero-order valence-corrected chi connectivity index (χ0v) is 14.3. The molecule has 0 saturated heterocycles. The minimum Gasteiger partial charge on any atom is -0.486 e. The number of amides is 1. The molecule has 0 radical (unpaired) electrons. The lowest BCUT2D eigenvalue weighted by molar-refractivity contribution is 0.0666. The van der Waals surface area contributed by atoms with Crippen LogP contribution in [0.2, 0.25) is 5.02 Å². The van der Waals surface area contributed by atoms with Crippen molar-refractivity contribution in [1.82, 2.24) is 4.90 Å². The van der Waals surface area contributed by atoms with Gasteiger partial charge in [0.05, 0.1) is 10.6 Å². The number of hydrogen-bond acceptors (Lipinski definition) is 4. The van der Waals surface area contributed by atoms with Crippen molar-refractivity contribution in [3.05, 3.63) is 52.5 Å². The van der Waals surface area contributed by atoms with E-state index >= 15 is 0 Å². The summed E-state index contributed by atoms with van der Waals surface area (Å²) < 4.78 is 11.3. The number of carbonyl (C=O) groups excluding carboxylic acids is 1. The molecule has 2 aromatic carbocycles. The van der Waals surface area contributed by atoms with Gasteiger partial charge in [-0.25, -0.2) is 0 Å². The summed E-state index contributed by atoms with van der Waals surface area (Å²) >= 11 is 6.41. The van der Waals surface area contributed by atoms with Crippen LogP contribution in [-0.2, 0) is 0 Å². The minimum absolute atomic E-state index is 0.0628. The molecule has 25 heavy (non-hydrogen) atoms. The highest BCUT2D eigenvalue weighted by molar-refractivity contribution is 6.32. The van der Waals surface area contributed by atoms with Gasteiger partial charge in [0.15, 0.2) is 11.5 Å². The molecule has 3 aliphatic rings. The van der Waals surface area contributed by atoms with Crippen LogP contribution >= 0.6 is 11.6 Å². The van der Waals surface area contributed by atoms with E-state index in [2.05, 4.69) is 5.32 Å². The van der Waals surface area contributed by atoms with Gasteiger partial charge in [-0.2, -0.15) is 0 Å². The maximum atomic E-state index is 13.1. The number of anilines is 1. The third-order valence-corrected chi connectivity index (χ3v) is 5.12. The smallest absolute Gasteiger partial charge is 0.258 e. The molecular weight excluding hydrogens is 340 g/mol. The van der Waals surface area contributed by atoms with Crippen molar-refractivity contribution in [2.75, 3.05) is 18.5 Å². The van der Waals surface area contributed by atoms with E-state index in [4.69, 9.17) is 21.1 Å². The van der Waals surface area contributed by atoms with Crippen LogP contribution in [0.15, 0.2) is 36.4 Å². The number of nitrogens with one attached hydrogen (secondary N) is 1. The molecule has 2 aliphatic heterocycles.